The molecule has 104 valence electrons. The molecular weight excluding hydrogens is 316 g/mol. The van der Waals surface area contributed by atoms with E-state index in [4.69, 9.17) is 4.74 Å². The minimum atomic E-state index is -0.399. The zero-order chi connectivity index (χ0) is 14.4. The highest BCUT2D eigenvalue weighted by atomic mass is 79.9. The quantitative estimate of drug-likeness (QED) is 0.721. The van der Waals surface area contributed by atoms with Crippen LogP contribution < -0.4 is 0 Å². The monoisotopic (exact) mass is 332 g/mol. The van der Waals surface area contributed by atoms with E-state index in [9.17, 15) is 4.79 Å². The minimum absolute atomic E-state index is 0.0418. The van der Waals surface area contributed by atoms with Crippen molar-refractivity contribution in [3.8, 4) is 0 Å². The third-order valence-corrected chi connectivity index (χ3v) is 3.89. The molecule has 3 heteroatoms. The first kappa shape index (κ1) is 14.9. The number of carbonyl (C=O) groups excluding carboxylic acids is 1. The van der Waals surface area contributed by atoms with Gasteiger partial charge in [0.15, 0.2) is 5.78 Å². The van der Waals surface area contributed by atoms with Crippen LogP contribution >= 0.6 is 15.9 Å². The number of ketones is 1. The summed E-state index contributed by atoms with van der Waals surface area (Å²) in [6.07, 6.45) is 0.266. The topological polar surface area (TPSA) is 26.3 Å². The van der Waals surface area contributed by atoms with E-state index in [0.717, 1.165) is 10.0 Å². The maximum atomic E-state index is 12.3. The van der Waals surface area contributed by atoms with Crippen LogP contribution in [0.5, 0.6) is 0 Å². The van der Waals surface area contributed by atoms with E-state index < -0.39 is 6.10 Å². The van der Waals surface area contributed by atoms with Crippen LogP contribution in [0.3, 0.4) is 0 Å². The van der Waals surface area contributed by atoms with Gasteiger partial charge in [-0.1, -0.05) is 71.4 Å². The van der Waals surface area contributed by atoms with Crippen LogP contribution in [-0.4, -0.2) is 11.9 Å². The Labute approximate surface area is 127 Å². The molecule has 2 aromatic rings. The van der Waals surface area contributed by atoms with Crippen molar-refractivity contribution >= 4 is 21.7 Å². The fraction of sp³-hybridized carbons (Fsp3) is 0.235. The molecule has 0 bridgehead atoms. The largest absolute Gasteiger partial charge is 0.365 e. The lowest BCUT2D eigenvalue weighted by atomic mass is 10.0. The van der Waals surface area contributed by atoms with E-state index in [2.05, 4.69) is 15.9 Å². The van der Waals surface area contributed by atoms with Gasteiger partial charge in [0.2, 0.25) is 0 Å². The highest BCUT2D eigenvalue weighted by Gasteiger charge is 2.18. The summed E-state index contributed by atoms with van der Waals surface area (Å²) in [5.41, 5.74) is 1.75. The van der Waals surface area contributed by atoms with Gasteiger partial charge < -0.3 is 4.74 Å². The summed E-state index contributed by atoms with van der Waals surface area (Å²) in [7, 11) is 0. The number of rotatable bonds is 6. The summed E-state index contributed by atoms with van der Waals surface area (Å²) < 4.78 is 6.80. The minimum Gasteiger partial charge on any atom is -0.365 e. The van der Waals surface area contributed by atoms with E-state index in [0.29, 0.717) is 18.6 Å². The molecule has 0 spiro atoms. The summed E-state index contributed by atoms with van der Waals surface area (Å²) >= 11 is 3.49. The standard InChI is InChI=1S/C17H17BrO2/c1-2-16(17(19)13-8-4-3-5-9-13)20-12-14-10-6-7-11-15(14)18/h3-11,16H,2,12H2,1H3. The van der Waals surface area contributed by atoms with Crippen molar-refractivity contribution in [3.05, 3.63) is 70.2 Å². The fourth-order valence-corrected chi connectivity index (χ4v) is 2.37. The Morgan fingerprint density at radius 1 is 1.10 bits per heavy atom. The highest BCUT2D eigenvalue weighted by Crippen LogP contribution is 2.18. The Morgan fingerprint density at radius 2 is 1.75 bits per heavy atom. The van der Waals surface area contributed by atoms with Gasteiger partial charge in [-0.25, -0.2) is 0 Å². The second-order valence-electron chi connectivity index (χ2n) is 4.53. The molecule has 0 N–H and O–H groups in total. The van der Waals surface area contributed by atoms with Gasteiger partial charge in [0.25, 0.3) is 0 Å². The van der Waals surface area contributed by atoms with Crippen molar-refractivity contribution in [1.29, 1.82) is 0 Å². The Balaban J connectivity index is 2.03. The van der Waals surface area contributed by atoms with Crippen molar-refractivity contribution < 1.29 is 9.53 Å². The molecule has 0 fully saturated rings. The van der Waals surface area contributed by atoms with Crippen molar-refractivity contribution in [2.24, 2.45) is 0 Å². The molecule has 0 aliphatic rings. The molecule has 2 rings (SSSR count). The predicted octanol–water partition coefficient (Wildman–Crippen LogP) is 4.63. The average molecular weight is 333 g/mol. The van der Waals surface area contributed by atoms with Crippen molar-refractivity contribution in [3.63, 3.8) is 0 Å². The zero-order valence-electron chi connectivity index (χ0n) is 11.4. The summed E-state index contributed by atoms with van der Waals surface area (Å²) in [5.74, 6) is 0.0418. The Morgan fingerprint density at radius 3 is 2.40 bits per heavy atom. The molecular formula is C17H17BrO2. The van der Waals surface area contributed by atoms with Gasteiger partial charge in [-0.2, -0.15) is 0 Å². The molecule has 2 nitrogen and oxygen atoms in total. The molecule has 0 saturated heterocycles. The first-order valence-electron chi connectivity index (χ1n) is 6.66. The lowest BCUT2D eigenvalue weighted by molar-refractivity contribution is 0.0324. The second kappa shape index (κ2) is 7.36. The van der Waals surface area contributed by atoms with Gasteiger partial charge in [-0.3, -0.25) is 4.79 Å². The number of Topliss-reactive ketones (excluding diaryl/α,β-unsaturated/α-hetero) is 1. The number of hydrogen-bond acceptors (Lipinski definition) is 2. The maximum absolute atomic E-state index is 12.3. The van der Waals surface area contributed by atoms with Crippen LogP contribution in [0.4, 0.5) is 0 Å². The molecule has 0 heterocycles. The molecule has 0 aliphatic carbocycles. The predicted molar refractivity (Wildman–Crippen MR) is 83.8 cm³/mol. The van der Waals surface area contributed by atoms with Gasteiger partial charge in [-0.05, 0) is 18.1 Å². The summed E-state index contributed by atoms with van der Waals surface area (Å²) in [6, 6.07) is 17.2. The van der Waals surface area contributed by atoms with E-state index in [1.807, 2.05) is 61.5 Å². The van der Waals surface area contributed by atoms with E-state index in [1.54, 1.807) is 0 Å². The number of hydrogen-bond donors (Lipinski definition) is 0. The number of halogens is 1. The van der Waals surface area contributed by atoms with Gasteiger partial charge in [0.1, 0.15) is 6.10 Å². The van der Waals surface area contributed by atoms with E-state index in [-0.39, 0.29) is 5.78 Å². The van der Waals surface area contributed by atoms with Gasteiger partial charge >= 0.3 is 0 Å². The SMILES string of the molecule is CCC(OCc1ccccc1Br)C(=O)c1ccccc1. The highest BCUT2D eigenvalue weighted by molar-refractivity contribution is 9.10. The molecule has 0 saturated carbocycles. The maximum Gasteiger partial charge on any atom is 0.191 e. The third kappa shape index (κ3) is 3.78. The van der Waals surface area contributed by atoms with E-state index >= 15 is 0 Å². The molecule has 1 atom stereocenters. The van der Waals surface area contributed by atoms with Crippen LogP contribution in [-0.2, 0) is 11.3 Å². The number of ether oxygens (including phenoxy) is 1. The lowest BCUT2D eigenvalue weighted by Gasteiger charge is -2.15. The normalized spacial score (nSPS) is 12.1. The third-order valence-electron chi connectivity index (χ3n) is 3.12. The molecule has 20 heavy (non-hydrogen) atoms. The molecule has 0 aliphatic heterocycles. The van der Waals surface area contributed by atoms with Crippen LogP contribution in [0.2, 0.25) is 0 Å². The van der Waals surface area contributed by atoms with Crippen LogP contribution in [0.25, 0.3) is 0 Å². The first-order valence-corrected chi connectivity index (χ1v) is 7.46. The molecule has 1 unspecified atom stereocenters. The van der Waals surface area contributed by atoms with Gasteiger partial charge in [-0.15, -0.1) is 0 Å². The summed E-state index contributed by atoms with van der Waals surface area (Å²) in [5, 5.41) is 0. The van der Waals surface area contributed by atoms with Gasteiger partial charge in [0, 0.05) is 10.0 Å². The molecule has 0 aromatic heterocycles. The van der Waals surface area contributed by atoms with Gasteiger partial charge in [0.05, 0.1) is 6.61 Å². The van der Waals surface area contributed by atoms with Crippen LogP contribution in [0, 0.1) is 0 Å². The zero-order valence-corrected chi connectivity index (χ0v) is 13.0. The Bertz CT molecular complexity index is 566. The number of carbonyl (C=O) groups is 1. The Kier molecular flexibility index (Phi) is 5.50. The smallest absolute Gasteiger partial charge is 0.191 e. The molecule has 0 amide bonds. The molecule has 0 radical (unpaired) electrons. The van der Waals surface area contributed by atoms with Crippen molar-refractivity contribution in [1.82, 2.24) is 0 Å². The van der Waals surface area contributed by atoms with Crippen molar-refractivity contribution in [2.45, 2.75) is 26.1 Å². The second-order valence-corrected chi connectivity index (χ2v) is 5.38. The first-order chi connectivity index (χ1) is 9.72. The van der Waals surface area contributed by atoms with Crippen LogP contribution in [0.1, 0.15) is 29.3 Å². The summed E-state index contributed by atoms with van der Waals surface area (Å²) in [6.45, 7) is 2.39. The Hall–Kier alpha value is -1.45. The number of benzene rings is 2. The average Bonchev–Trinajstić information content (AvgIpc) is 2.50. The summed E-state index contributed by atoms with van der Waals surface area (Å²) in [4.78, 5) is 12.3. The lowest BCUT2D eigenvalue weighted by Crippen LogP contribution is -2.23. The van der Waals surface area contributed by atoms with Crippen molar-refractivity contribution in [2.75, 3.05) is 0 Å². The van der Waals surface area contributed by atoms with E-state index in [1.165, 1.54) is 0 Å². The molecule has 2 aromatic carbocycles. The van der Waals surface area contributed by atoms with Crippen LogP contribution in [0.15, 0.2) is 59.1 Å². The fourth-order valence-electron chi connectivity index (χ4n) is 1.97.